The highest BCUT2D eigenvalue weighted by Gasteiger charge is 2.42. The molecule has 1 aromatic heterocycles. The van der Waals surface area contributed by atoms with E-state index in [1.807, 2.05) is 0 Å². The predicted molar refractivity (Wildman–Crippen MR) is 173 cm³/mol. The Morgan fingerprint density at radius 3 is 2.55 bits per heavy atom. The molecule has 0 radical (unpaired) electrons. The van der Waals surface area contributed by atoms with Crippen LogP contribution < -0.4 is 0 Å². The lowest BCUT2D eigenvalue weighted by Crippen LogP contribution is -2.48. The third-order valence-electron chi connectivity index (χ3n) is 9.45. The molecular weight excluding hydrogens is 524 g/mol. The van der Waals surface area contributed by atoms with Crippen LogP contribution in [-0.2, 0) is 19.3 Å². The molecule has 0 amide bonds. The molecule has 228 valence electrons. The van der Waals surface area contributed by atoms with E-state index >= 15 is 4.39 Å². The summed E-state index contributed by atoms with van der Waals surface area (Å²) in [6.07, 6.45) is 7.64. The van der Waals surface area contributed by atoms with Gasteiger partial charge in [-0.3, -0.25) is 9.29 Å². The molecule has 42 heavy (non-hydrogen) atoms. The van der Waals surface area contributed by atoms with Gasteiger partial charge in [0.25, 0.3) is 0 Å². The van der Waals surface area contributed by atoms with Crippen LogP contribution in [0.2, 0.25) is 0 Å². The van der Waals surface area contributed by atoms with E-state index in [2.05, 4.69) is 91.5 Å². The number of hydrogen-bond acceptors (Lipinski definition) is 2. The van der Waals surface area contributed by atoms with Crippen LogP contribution in [0.5, 0.6) is 0 Å². The second-order valence-electron chi connectivity index (χ2n) is 14.0. The van der Waals surface area contributed by atoms with Crippen molar-refractivity contribution in [3.05, 3.63) is 82.7 Å². The number of alkyl halides is 2. The van der Waals surface area contributed by atoms with Crippen LogP contribution in [0, 0.1) is 5.41 Å². The number of benzene rings is 2. The van der Waals surface area contributed by atoms with Crippen LogP contribution in [0.4, 0.5) is 8.78 Å². The van der Waals surface area contributed by atoms with Crippen LogP contribution in [-0.4, -0.2) is 53.3 Å². The number of allylic oxidation sites excluding steroid dienone is 1. The lowest BCUT2D eigenvalue weighted by molar-refractivity contribution is 0.00842. The smallest absolute Gasteiger partial charge is 0.123 e. The molecule has 1 N–H and O–H groups in total. The molecule has 3 aromatic rings. The van der Waals surface area contributed by atoms with E-state index in [9.17, 15) is 4.39 Å². The van der Waals surface area contributed by atoms with Gasteiger partial charge in [0.05, 0.1) is 12.7 Å². The first-order valence-corrected chi connectivity index (χ1v) is 16.2. The molecule has 0 spiro atoms. The molecule has 3 nitrogen and oxygen atoms in total. The monoisotopic (exact) mass is 575 g/mol. The normalized spacial score (nSPS) is 18.6. The molecule has 0 saturated heterocycles. The van der Waals surface area contributed by atoms with Crippen LogP contribution in [0.1, 0.15) is 100 Å². The molecule has 1 unspecified atom stereocenters. The molecule has 1 aliphatic heterocycles. The number of rotatable bonds is 13. The third-order valence-corrected chi connectivity index (χ3v) is 9.45. The number of aromatic nitrogens is 1. The standard InChI is InChI=1S/C37H51F2N3/c1-6-29-28(14-10-22-41(23-12-21-38)27(2)25-36(3,4)5)13-9-16-32(29)35-34-31(30-15-7-8-17-33(30)40-34)18-24-42(35)26-37(39)19-11-20-37/h7-9,13,15-17,35,40H,2,6,10-12,14,18-26H2,1,3-5H3. The Balaban J connectivity index is 1.43. The number of nitrogens with zero attached hydrogens (tertiary/aromatic N) is 2. The van der Waals surface area contributed by atoms with Crippen molar-refractivity contribution in [2.24, 2.45) is 5.41 Å². The van der Waals surface area contributed by atoms with Gasteiger partial charge in [0.2, 0.25) is 0 Å². The second kappa shape index (κ2) is 12.9. The number of fused-ring (bicyclic) bond motifs is 3. The molecule has 1 atom stereocenters. The van der Waals surface area contributed by atoms with Crippen LogP contribution in [0.3, 0.4) is 0 Å². The largest absolute Gasteiger partial charge is 0.375 e. The zero-order chi connectivity index (χ0) is 29.9. The van der Waals surface area contributed by atoms with E-state index in [0.29, 0.717) is 25.8 Å². The Kier molecular flexibility index (Phi) is 9.47. The van der Waals surface area contributed by atoms with Gasteiger partial charge in [0.15, 0.2) is 0 Å². The number of hydrogen-bond donors (Lipinski definition) is 1. The summed E-state index contributed by atoms with van der Waals surface area (Å²) in [6.45, 7) is 16.0. The molecular formula is C37H51F2N3. The quantitative estimate of drug-likeness (QED) is 0.220. The Labute approximate surface area is 252 Å². The van der Waals surface area contributed by atoms with Crippen molar-refractivity contribution in [2.45, 2.75) is 97.2 Å². The summed E-state index contributed by atoms with van der Waals surface area (Å²) in [7, 11) is 0. The Morgan fingerprint density at radius 1 is 1.10 bits per heavy atom. The fourth-order valence-electron chi connectivity index (χ4n) is 7.33. The molecule has 2 heterocycles. The highest BCUT2D eigenvalue weighted by molar-refractivity contribution is 5.85. The zero-order valence-electron chi connectivity index (χ0n) is 26.4. The van der Waals surface area contributed by atoms with Gasteiger partial charge in [-0.25, -0.2) is 4.39 Å². The number of nitrogens with one attached hydrogen (secondary N) is 1. The van der Waals surface area contributed by atoms with Crippen LogP contribution in [0.25, 0.3) is 10.9 Å². The molecule has 1 fully saturated rings. The highest BCUT2D eigenvalue weighted by atomic mass is 19.1. The number of para-hydroxylation sites is 1. The molecule has 1 aliphatic carbocycles. The van der Waals surface area contributed by atoms with Gasteiger partial charge in [0.1, 0.15) is 5.67 Å². The van der Waals surface area contributed by atoms with Crippen molar-refractivity contribution >= 4 is 10.9 Å². The Bertz CT molecular complexity index is 1360. The lowest BCUT2D eigenvalue weighted by Gasteiger charge is -2.44. The number of H-pyrrole nitrogens is 1. The maximum Gasteiger partial charge on any atom is 0.123 e. The third kappa shape index (κ3) is 6.77. The van der Waals surface area contributed by atoms with Crippen molar-refractivity contribution in [3.8, 4) is 0 Å². The van der Waals surface area contributed by atoms with Gasteiger partial charge in [0, 0.05) is 48.5 Å². The van der Waals surface area contributed by atoms with E-state index in [4.69, 9.17) is 0 Å². The predicted octanol–water partition coefficient (Wildman–Crippen LogP) is 9.11. The van der Waals surface area contributed by atoms with E-state index < -0.39 is 5.67 Å². The molecule has 5 heteroatoms. The molecule has 1 saturated carbocycles. The van der Waals surface area contributed by atoms with Gasteiger partial charge in [-0.15, -0.1) is 0 Å². The van der Waals surface area contributed by atoms with Gasteiger partial charge in [-0.05, 0) is 91.5 Å². The number of aromatic amines is 1. The fraction of sp³-hybridized carbons (Fsp3) is 0.568. The lowest BCUT2D eigenvalue weighted by atomic mass is 9.79. The molecule has 2 aliphatic rings. The summed E-state index contributed by atoms with van der Waals surface area (Å²) in [6, 6.07) is 15.4. The Morgan fingerprint density at radius 2 is 1.86 bits per heavy atom. The van der Waals surface area contributed by atoms with Gasteiger partial charge >= 0.3 is 0 Å². The van der Waals surface area contributed by atoms with Crippen molar-refractivity contribution in [1.29, 1.82) is 0 Å². The number of halogens is 2. The first kappa shape index (κ1) is 30.8. The maximum absolute atomic E-state index is 15.6. The Hall–Kier alpha value is -2.66. The van der Waals surface area contributed by atoms with E-state index in [-0.39, 0.29) is 18.1 Å². The average molecular weight is 576 g/mol. The van der Waals surface area contributed by atoms with E-state index in [0.717, 1.165) is 63.9 Å². The average Bonchev–Trinajstić information content (AvgIpc) is 3.31. The first-order chi connectivity index (χ1) is 20.1. The summed E-state index contributed by atoms with van der Waals surface area (Å²) in [5.74, 6) is 0. The van der Waals surface area contributed by atoms with E-state index in [1.165, 1.54) is 38.9 Å². The van der Waals surface area contributed by atoms with Gasteiger partial charge in [-0.1, -0.05) is 70.7 Å². The molecule has 2 aromatic carbocycles. The topological polar surface area (TPSA) is 22.3 Å². The van der Waals surface area contributed by atoms with Crippen LogP contribution in [0.15, 0.2) is 54.7 Å². The van der Waals surface area contributed by atoms with Gasteiger partial charge in [-0.2, -0.15) is 0 Å². The minimum atomic E-state index is -1.07. The second-order valence-corrected chi connectivity index (χ2v) is 14.0. The van der Waals surface area contributed by atoms with Crippen molar-refractivity contribution < 1.29 is 8.78 Å². The summed E-state index contributed by atoms with van der Waals surface area (Å²) in [5.41, 5.74) is 8.09. The summed E-state index contributed by atoms with van der Waals surface area (Å²) < 4.78 is 28.7. The fourth-order valence-corrected chi connectivity index (χ4v) is 7.33. The van der Waals surface area contributed by atoms with Crippen molar-refractivity contribution in [1.82, 2.24) is 14.8 Å². The summed E-state index contributed by atoms with van der Waals surface area (Å²) in [5, 5.41) is 1.30. The first-order valence-electron chi connectivity index (χ1n) is 16.2. The van der Waals surface area contributed by atoms with Crippen molar-refractivity contribution in [2.75, 3.05) is 32.9 Å². The molecule has 5 rings (SSSR count). The molecule has 0 bridgehead atoms. The summed E-state index contributed by atoms with van der Waals surface area (Å²) >= 11 is 0. The SMILES string of the molecule is C=C(CC(C)(C)C)N(CCCF)CCCc1cccc(C2c3[nH]c4ccccc4c3CCN2CC2(F)CCC2)c1CC. The van der Waals surface area contributed by atoms with Crippen molar-refractivity contribution in [3.63, 3.8) is 0 Å². The maximum atomic E-state index is 15.6. The minimum Gasteiger partial charge on any atom is -0.375 e. The minimum absolute atomic E-state index is 0.0249. The van der Waals surface area contributed by atoms with E-state index in [1.54, 1.807) is 0 Å². The number of aryl methyl sites for hydroxylation is 1. The highest BCUT2D eigenvalue weighted by Crippen LogP contribution is 2.44. The summed E-state index contributed by atoms with van der Waals surface area (Å²) in [4.78, 5) is 8.51. The van der Waals surface area contributed by atoms with Crippen LogP contribution >= 0.6 is 0 Å². The van der Waals surface area contributed by atoms with Gasteiger partial charge < -0.3 is 9.88 Å². The zero-order valence-corrected chi connectivity index (χ0v) is 26.4.